The number of nitrogens with zero attached hydrogens (tertiary/aromatic N) is 2. The molecule has 1 N–H and O–H groups in total. The minimum atomic E-state index is -0.364. The maximum atomic E-state index is 10.6. The van der Waals surface area contributed by atoms with Crippen molar-refractivity contribution in [3.05, 3.63) is 30.1 Å². The van der Waals surface area contributed by atoms with Crippen LogP contribution in [0.4, 0.5) is 0 Å². The summed E-state index contributed by atoms with van der Waals surface area (Å²) in [5, 5.41) is 10.6. The average Bonchev–Trinajstić information content (AvgIpc) is 2.65. The fraction of sp³-hybridized carbons (Fsp3) is 0.500. The van der Waals surface area contributed by atoms with E-state index in [9.17, 15) is 5.11 Å². The monoisotopic (exact) mass is 230 g/mol. The van der Waals surface area contributed by atoms with Crippen molar-refractivity contribution in [3.63, 3.8) is 0 Å². The van der Waals surface area contributed by atoms with E-state index in [0.29, 0.717) is 11.8 Å². The highest BCUT2D eigenvalue weighted by Gasteiger charge is 2.29. The van der Waals surface area contributed by atoms with Crippen LogP contribution in [0.1, 0.15) is 31.9 Å². The quantitative estimate of drug-likeness (QED) is 0.818. The Morgan fingerprint density at radius 1 is 1.41 bits per heavy atom. The molecule has 3 nitrogen and oxygen atoms in total. The van der Waals surface area contributed by atoms with E-state index in [4.69, 9.17) is 0 Å². The van der Waals surface area contributed by atoms with Gasteiger partial charge >= 0.3 is 0 Å². The smallest absolute Gasteiger partial charge is 0.0958 e. The summed E-state index contributed by atoms with van der Waals surface area (Å²) in [6.07, 6.45) is 2.54. The number of benzene rings is 1. The highest BCUT2D eigenvalue weighted by molar-refractivity contribution is 5.79. The lowest BCUT2D eigenvalue weighted by Gasteiger charge is -2.24. The lowest BCUT2D eigenvalue weighted by molar-refractivity contribution is 0.0773. The Hall–Kier alpha value is -1.35. The number of aryl methyl sites for hydroxylation is 1. The zero-order chi connectivity index (χ0) is 12.0. The van der Waals surface area contributed by atoms with Gasteiger partial charge in [0.15, 0.2) is 0 Å². The van der Waals surface area contributed by atoms with Gasteiger partial charge in [0.1, 0.15) is 0 Å². The Kier molecular flexibility index (Phi) is 2.44. The molecule has 2 heterocycles. The van der Waals surface area contributed by atoms with Crippen LogP contribution < -0.4 is 0 Å². The van der Waals surface area contributed by atoms with E-state index in [1.165, 1.54) is 0 Å². The number of rotatable bonds is 1. The van der Waals surface area contributed by atoms with Gasteiger partial charge in [0, 0.05) is 12.1 Å². The molecule has 0 bridgehead atoms. The number of para-hydroxylation sites is 1. The fourth-order valence-corrected chi connectivity index (χ4v) is 2.94. The van der Waals surface area contributed by atoms with Crippen LogP contribution in [0.2, 0.25) is 0 Å². The van der Waals surface area contributed by atoms with Crippen molar-refractivity contribution in [2.24, 2.45) is 11.8 Å². The highest BCUT2D eigenvalue weighted by Crippen LogP contribution is 2.37. The molecule has 17 heavy (non-hydrogen) atoms. The van der Waals surface area contributed by atoms with E-state index in [2.05, 4.69) is 23.4 Å². The molecule has 0 aliphatic carbocycles. The third kappa shape index (κ3) is 1.57. The molecule has 0 saturated heterocycles. The van der Waals surface area contributed by atoms with Gasteiger partial charge in [-0.3, -0.25) is 0 Å². The molecular formula is C14H18N2O. The first-order chi connectivity index (χ1) is 8.18. The molecule has 0 amide bonds. The van der Waals surface area contributed by atoms with Gasteiger partial charge in [-0.05, 0) is 24.3 Å². The van der Waals surface area contributed by atoms with Crippen molar-refractivity contribution in [2.45, 2.75) is 32.9 Å². The number of hydrogen-bond donors (Lipinski definition) is 1. The summed E-state index contributed by atoms with van der Waals surface area (Å²) in [7, 11) is 0. The summed E-state index contributed by atoms with van der Waals surface area (Å²) >= 11 is 0. The molecule has 2 atom stereocenters. The summed E-state index contributed by atoms with van der Waals surface area (Å²) in [6.45, 7) is 5.33. The van der Waals surface area contributed by atoms with E-state index in [-0.39, 0.29) is 6.10 Å². The number of aliphatic hydroxyl groups excluding tert-OH is 1. The number of hydrogen-bond acceptors (Lipinski definition) is 2. The summed E-state index contributed by atoms with van der Waals surface area (Å²) in [5.41, 5.74) is 3.14. The summed E-state index contributed by atoms with van der Waals surface area (Å²) in [4.78, 5) is 4.39. The summed E-state index contributed by atoms with van der Waals surface area (Å²) in [5.74, 6) is 0.832. The molecule has 1 aromatic heterocycles. The van der Waals surface area contributed by atoms with Crippen LogP contribution in [-0.4, -0.2) is 14.7 Å². The van der Waals surface area contributed by atoms with Crippen molar-refractivity contribution in [1.29, 1.82) is 0 Å². The first-order valence-corrected chi connectivity index (χ1v) is 6.30. The SMILES string of the molecule is CC(C)C1CCn2cnc3cccc(c32)C1O. The van der Waals surface area contributed by atoms with Crippen LogP contribution in [0.3, 0.4) is 0 Å². The first kappa shape index (κ1) is 10.8. The highest BCUT2D eigenvalue weighted by atomic mass is 16.3. The Labute approximate surface area is 101 Å². The van der Waals surface area contributed by atoms with Crippen molar-refractivity contribution in [1.82, 2.24) is 9.55 Å². The zero-order valence-electron chi connectivity index (χ0n) is 10.3. The fourth-order valence-electron chi connectivity index (χ4n) is 2.94. The van der Waals surface area contributed by atoms with Gasteiger partial charge in [0.25, 0.3) is 0 Å². The Bertz CT molecular complexity index is 544. The van der Waals surface area contributed by atoms with Gasteiger partial charge in [-0.25, -0.2) is 4.98 Å². The predicted octanol–water partition coefficient (Wildman–Crippen LogP) is 2.75. The lowest BCUT2D eigenvalue weighted by atomic mass is 9.84. The van der Waals surface area contributed by atoms with Crippen molar-refractivity contribution in [2.75, 3.05) is 0 Å². The topological polar surface area (TPSA) is 38.0 Å². The van der Waals surface area contributed by atoms with E-state index < -0.39 is 0 Å². The Morgan fingerprint density at radius 2 is 2.24 bits per heavy atom. The molecule has 0 fully saturated rings. The Balaban J connectivity index is 2.19. The second-order valence-corrected chi connectivity index (χ2v) is 5.29. The van der Waals surface area contributed by atoms with Crippen LogP contribution >= 0.6 is 0 Å². The third-order valence-corrected chi connectivity index (χ3v) is 3.95. The van der Waals surface area contributed by atoms with Gasteiger partial charge in [-0.15, -0.1) is 0 Å². The van der Waals surface area contributed by atoms with Crippen LogP contribution in [0.15, 0.2) is 24.5 Å². The molecule has 1 aliphatic rings. The lowest BCUT2D eigenvalue weighted by Crippen LogP contribution is -2.18. The van der Waals surface area contributed by atoms with E-state index in [0.717, 1.165) is 29.6 Å². The van der Waals surface area contributed by atoms with Gasteiger partial charge in [0.2, 0.25) is 0 Å². The normalized spacial score (nSPS) is 24.2. The van der Waals surface area contributed by atoms with E-state index in [1.807, 2.05) is 24.5 Å². The zero-order valence-corrected chi connectivity index (χ0v) is 10.3. The third-order valence-electron chi connectivity index (χ3n) is 3.95. The van der Waals surface area contributed by atoms with Crippen molar-refractivity contribution in [3.8, 4) is 0 Å². The molecule has 3 heteroatoms. The molecule has 0 saturated carbocycles. The largest absolute Gasteiger partial charge is 0.388 e. The minimum absolute atomic E-state index is 0.334. The molecule has 0 spiro atoms. The number of aliphatic hydroxyl groups is 1. The molecule has 2 aromatic rings. The van der Waals surface area contributed by atoms with Gasteiger partial charge in [-0.1, -0.05) is 26.0 Å². The van der Waals surface area contributed by atoms with Crippen LogP contribution in [-0.2, 0) is 6.54 Å². The second-order valence-electron chi connectivity index (χ2n) is 5.29. The van der Waals surface area contributed by atoms with Crippen molar-refractivity contribution < 1.29 is 5.11 Å². The first-order valence-electron chi connectivity index (χ1n) is 6.30. The molecule has 1 aliphatic heterocycles. The second kappa shape index (κ2) is 3.84. The predicted molar refractivity (Wildman–Crippen MR) is 67.6 cm³/mol. The van der Waals surface area contributed by atoms with Crippen molar-refractivity contribution >= 4 is 11.0 Å². The van der Waals surface area contributed by atoms with E-state index >= 15 is 0 Å². The maximum absolute atomic E-state index is 10.6. The van der Waals surface area contributed by atoms with Crippen LogP contribution in [0.25, 0.3) is 11.0 Å². The van der Waals surface area contributed by atoms with E-state index in [1.54, 1.807) is 0 Å². The summed E-state index contributed by atoms with van der Waals surface area (Å²) in [6, 6.07) is 6.03. The molecule has 90 valence electrons. The molecular weight excluding hydrogens is 212 g/mol. The minimum Gasteiger partial charge on any atom is -0.388 e. The van der Waals surface area contributed by atoms with Gasteiger partial charge < -0.3 is 9.67 Å². The molecule has 1 aromatic carbocycles. The van der Waals surface area contributed by atoms with Gasteiger partial charge in [0.05, 0.1) is 23.5 Å². The molecule has 2 unspecified atom stereocenters. The number of aromatic nitrogens is 2. The molecule has 3 rings (SSSR count). The maximum Gasteiger partial charge on any atom is 0.0958 e. The Morgan fingerprint density at radius 3 is 3.00 bits per heavy atom. The average molecular weight is 230 g/mol. The van der Waals surface area contributed by atoms with Crippen LogP contribution in [0, 0.1) is 11.8 Å². The number of imidazole rings is 1. The van der Waals surface area contributed by atoms with Crippen LogP contribution in [0.5, 0.6) is 0 Å². The summed E-state index contributed by atoms with van der Waals surface area (Å²) < 4.78 is 2.18. The van der Waals surface area contributed by atoms with Gasteiger partial charge in [-0.2, -0.15) is 0 Å². The standard InChI is InChI=1S/C14H18N2O/c1-9(2)10-6-7-16-8-15-12-5-3-4-11(13(12)16)14(10)17/h3-5,8-10,14,17H,6-7H2,1-2H3. The molecule has 0 radical (unpaired) electrons.